The highest BCUT2D eigenvalue weighted by atomic mass is 35.5. The third-order valence-corrected chi connectivity index (χ3v) is 3.54. The molecule has 6 heteroatoms. The Balaban J connectivity index is 1.87. The fourth-order valence-electron chi connectivity index (χ4n) is 2.22. The second-order valence-corrected chi connectivity index (χ2v) is 5.30. The molecule has 0 radical (unpaired) electrons. The zero-order chi connectivity index (χ0) is 14.5. The summed E-state index contributed by atoms with van der Waals surface area (Å²) >= 11 is 5.93. The van der Waals surface area contributed by atoms with Crippen molar-refractivity contribution in [1.29, 1.82) is 0 Å². The molecule has 1 aromatic carbocycles. The summed E-state index contributed by atoms with van der Waals surface area (Å²) < 4.78 is 0. The van der Waals surface area contributed by atoms with Crippen LogP contribution < -0.4 is 0 Å². The van der Waals surface area contributed by atoms with Crippen LogP contribution in [0.5, 0.6) is 0 Å². The van der Waals surface area contributed by atoms with Crippen molar-refractivity contribution in [2.24, 2.45) is 0 Å². The number of benzene rings is 1. The minimum Gasteiger partial charge on any atom is -0.481 e. The van der Waals surface area contributed by atoms with Crippen molar-refractivity contribution >= 4 is 23.5 Å². The molecule has 5 nitrogen and oxygen atoms in total. The Morgan fingerprint density at radius 3 is 2.80 bits per heavy atom. The van der Waals surface area contributed by atoms with E-state index in [0.717, 1.165) is 5.56 Å². The summed E-state index contributed by atoms with van der Waals surface area (Å²) in [6, 6.07) is 7.46. The van der Waals surface area contributed by atoms with Crippen molar-refractivity contribution in [3.63, 3.8) is 0 Å². The number of hydrogen-bond donors (Lipinski definition) is 1. The van der Waals surface area contributed by atoms with E-state index in [9.17, 15) is 9.59 Å². The monoisotopic (exact) mass is 296 g/mol. The molecule has 1 aliphatic heterocycles. The van der Waals surface area contributed by atoms with E-state index in [1.807, 2.05) is 23.1 Å². The Morgan fingerprint density at radius 1 is 1.35 bits per heavy atom. The Bertz CT molecular complexity index is 507. The number of carbonyl (C=O) groups excluding carboxylic acids is 1. The number of aliphatic carboxylic acids is 1. The van der Waals surface area contributed by atoms with Gasteiger partial charge in [-0.15, -0.1) is 0 Å². The molecule has 0 atom stereocenters. The standard InChI is InChI=1S/C14H17ClN2O3/c15-12-3-1-2-11(8-12)9-17-7-6-16(10-13(17)18)5-4-14(19)20/h1-3,8H,4-7,9-10H2,(H,19,20). The van der Waals surface area contributed by atoms with Crippen molar-refractivity contribution in [1.82, 2.24) is 9.80 Å². The molecule has 0 aromatic heterocycles. The second-order valence-electron chi connectivity index (χ2n) is 4.87. The van der Waals surface area contributed by atoms with Crippen LogP contribution in [-0.4, -0.2) is 53.0 Å². The summed E-state index contributed by atoms with van der Waals surface area (Å²) in [5.74, 6) is -0.805. The molecule has 1 aliphatic rings. The molecule has 20 heavy (non-hydrogen) atoms. The van der Waals surface area contributed by atoms with Crippen LogP contribution in [0.15, 0.2) is 24.3 Å². The van der Waals surface area contributed by atoms with Crippen LogP contribution in [0.1, 0.15) is 12.0 Å². The maximum atomic E-state index is 12.0. The highest BCUT2D eigenvalue weighted by Crippen LogP contribution is 2.14. The van der Waals surface area contributed by atoms with Crippen LogP contribution in [0, 0.1) is 0 Å². The zero-order valence-corrected chi connectivity index (χ0v) is 11.8. The number of amides is 1. The average molecular weight is 297 g/mol. The molecule has 2 rings (SSSR count). The molecule has 0 saturated carbocycles. The first-order valence-electron chi connectivity index (χ1n) is 6.51. The van der Waals surface area contributed by atoms with Crippen molar-refractivity contribution in [3.8, 4) is 0 Å². The molecule has 0 spiro atoms. The fraction of sp³-hybridized carbons (Fsp3) is 0.429. The largest absolute Gasteiger partial charge is 0.481 e. The van der Waals surface area contributed by atoms with Crippen LogP contribution in [-0.2, 0) is 16.1 Å². The van der Waals surface area contributed by atoms with E-state index >= 15 is 0 Å². The van der Waals surface area contributed by atoms with E-state index in [2.05, 4.69) is 0 Å². The van der Waals surface area contributed by atoms with E-state index in [1.165, 1.54) is 0 Å². The van der Waals surface area contributed by atoms with Gasteiger partial charge in [-0.1, -0.05) is 23.7 Å². The number of piperazine rings is 1. The number of hydrogen-bond acceptors (Lipinski definition) is 3. The summed E-state index contributed by atoms with van der Waals surface area (Å²) in [4.78, 5) is 26.2. The van der Waals surface area contributed by atoms with Crippen LogP contribution >= 0.6 is 11.6 Å². The Hall–Kier alpha value is -1.59. The average Bonchev–Trinajstić information content (AvgIpc) is 2.39. The number of carboxylic acid groups (broad SMARTS) is 1. The van der Waals surface area contributed by atoms with Crippen LogP contribution in [0.25, 0.3) is 0 Å². The van der Waals surface area contributed by atoms with Crippen LogP contribution in [0.2, 0.25) is 5.02 Å². The molecular formula is C14H17ClN2O3. The molecular weight excluding hydrogens is 280 g/mol. The van der Waals surface area contributed by atoms with E-state index in [0.29, 0.717) is 31.2 Å². The van der Waals surface area contributed by atoms with Gasteiger partial charge in [-0.2, -0.15) is 0 Å². The summed E-state index contributed by atoms with van der Waals surface area (Å²) in [5, 5.41) is 9.31. The minimum atomic E-state index is -0.834. The highest BCUT2D eigenvalue weighted by molar-refractivity contribution is 6.30. The number of rotatable bonds is 5. The fourth-order valence-corrected chi connectivity index (χ4v) is 2.44. The first kappa shape index (κ1) is 14.8. The Kier molecular flexibility index (Phi) is 4.98. The van der Waals surface area contributed by atoms with Gasteiger partial charge in [0.25, 0.3) is 0 Å². The van der Waals surface area contributed by atoms with Gasteiger partial charge in [0.15, 0.2) is 0 Å². The highest BCUT2D eigenvalue weighted by Gasteiger charge is 2.23. The normalized spacial score (nSPS) is 16.4. The molecule has 1 N–H and O–H groups in total. The smallest absolute Gasteiger partial charge is 0.304 e. The Morgan fingerprint density at radius 2 is 2.15 bits per heavy atom. The topological polar surface area (TPSA) is 60.9 Å². The number of carbonyl (C=O) groups is 2. The molecule has 1 heterocycles. The first-order chi connectivity index (χ1) is 9.54. The summed E-state index contributed by atoms with van der Waals surface area (Å²) in [6.45, 7) is 2.58. The molecule has 0 aliphatic carbocycles. The quantitative estimate of drug-likeness (QED) is 0.893. The van der Waals surface area contributed by atoms with Crippen molar-refractivity contribution < 1.29 is 14.7 Å². The number of halogens is 1. The molecule has 1 saturated heterocycles. The number of nitrogens with zero attached hydrogens (tertiary/aromatic N) is 2. The van der Waals surface area contributed by atoms with Crippen LogP contribution in [0.4, 0.5) is 0 Å². The van der Waals surface area contributed by atoms with Gasteiger partial charge in [0.1, 0.15) is 0 Å². The van der Waals surface area contributed by atoms with Gasteiger partial charge in [0.05, 0.1) is 13.0 Å². The van der Waals surface area contributed by atoms with Gasteiger partial charge in [0, 0.05) is 31.2 Å². The maximum absolute atomic E-state index is 12.0. The van der Waals surface area contributed by atoms with Gasteiger partial charge in [-0.05, 0) is 17.7 Å². The van der Waals surface area contributed by atoms with E-state index in [1.54, 1.807) is 11.0 Å². The maximum Gasteiger partial charge on any atom is 0.304 e. The van der Waals surface area contributed by atoms with Gasteiger partial charge < -0.3 is 10.0 Å². The third kappa shape index (κ3) is 4.21. The molecule has 0 bridgehead atoms. The molecule has 108 valence electrons. The predicted molar refractivity (Wildman–Crippen MR) is 75.6 cm³/mol. The molecule has 1 aromatic rings. The van der Waals surface area contributed by atoms with E-state index < -0.39 is 5.97 Å². The summed E-state index contributed by atoms with van der Waals surface area (Å²) in [6.07, 6.45) is 0.0710. The Labute approximate surface area is 122 Å². The molecule has 0 unspecified atom stereocenters. The lowest BCUT2D eigenvalue weighted by Gasteiger charge is -2.34. The molecule has 1 fully saturated rings. The second kappa shape index (κ2) is 6.72. The summed E-state index contributed by atoms with van der Waals surface area (Å²) in [5.41, 5.74) is 1.00. The third-order valence-electron chi connectivity index (χ3n) is 3.30. The van der Waals surface area contributed by atoms with Gasteiger partial charge in [-0.3, -0.25) is 14.5 Å². The minimum absolute atomic E-state index is 0.0293. The van der Waals surface area contributed by atoms with E-state index in [4.69, 9.17) is 16.7 Å². The number of carboxylic acids is 1. The molecule has 1 amide bonds. The lowest BCUT2D eigenvalue weighted by Crippen LogP contribution is -2.50. The summed E-state index contributed by atoms with van der Waals surface area (Å²) in [7, 11) is 0. The zero-order valence-electron chi connectivity index (χ0n) is 11.1. The van der Waals surface area contributed by atoms with Gasteiger partial charge >= 0.3 is 5.97 Å². The predicted octanol–water partition coefficient (Wildman–Crippen LogP) is 1.46. The van der Waals surface area contributed by atoms with Gasteiger partial charge in [0.2, 0.25) is 5.91 Å². The van der Waals surface area contributed by atoms with Crippen LogP contribution in [0.3, 0.4) is 0 Å². The lowest BCUT2D eigenvalue weighted by molar-refractivity contribution is -0.140. The SMILES string of the molecule is O=C(O)CCN1CCN(Cc2cccc(Cl)c2)C(=O)C1. The lowest BCUT2D eigenvalue weighted by atomic mass is 10.2. The van der Waals surface area contributed by atoms with Crippen molar-refractivity contribution in [2.75, 3.05) is 26.2 Å². The van der Waals surface area contributed by atoms with Crippen molar-refractivity contribution in [2.45, 2.75) is 13.0 Å². The first-order valence-corrected chi connectivity index (χ1v) is 6.89. The van der Waals surface area contributed by atoms with Crippen molar-refractivity contribution in [3.05, 3.63) is 34.9 Å². The van der Waals surface area contributed by atoms with Gasteiger partial charge in [-0.25, -0.2) is 0 Å². The van der Waals surface area contributed by atoms with E-state index in [-0.39, 0.29) is 18.9 Å².